The highest BCUT2D eigenvalue weighted by Gasteiger charge is 2.29. The molecule has 2 saturated carbocycles. The minimum Gasteiger partial charge on any atom is -0.348 e. The second kappa shape index (κ2) is 8.46. The number of nitrogens with zero attached hydrogens (tertiary/aromatic N) is 3. The Bertz CT molecular complexity index is 1370. The third kappa shape index (κ3) is 4.04. The fraction of sp³-hybridized carbons (Fsp3) is 0.407. The van der Waals surface area contributed by atoms with Gasteiger partial charge in [-0.05, 0) is 86.3 Å². The monoisotopic (exact) mass is 457 g/mol. The van der Waals surface area contributed by atoms with Gasteiger partial charge in [-0.1, -0.05) is 6.92 Å². The topological polar surface area (TPSA) is 83.6 Å². The maximum absolute atomic E-state index is 13.9. The number of carbonyl (C=O) groups excluding carboxylic acids is 1. The number of benzene rings is 1. The van der Waals surface area contributed by atoms with Crippen molar-refractivity contribution in [3.05, 3.63) is 65.6 Å². The van der Waals surface area contributed by atoms with Gasteiger partial charge in [0.05, 0.1) is 17.2 Å². The molecule has 6 nitrogen and oxygen atoms in total. The van der Waals surface area contributed by atoms with Crippen molar-refractivity contribution in [2.24, 2.45) is 5.92 Å². The lowest BCUT2D eigenvalue weighted by atomic mass is 9.73. The molecule has 0 radical (unpaired) electrons. The molecule has 0 saturated heterocycles. The highest BCUT2D eigenvalue weighted by molar-refractivity contribution is 5.95. The number of carbonyl (C=O) groups is 1. The number of H-pyrrole nitrogens is 1. The molecule has 7 heteroatoms. The largest absolute Gasteiger partial charge is 0.348 e. The number of hydrogen-bond donors (Lipinski definition) is 2. The van der Waals surface area contributed by atoms with E-state index in [1.165, 1.54) is 11.6 Å². The van der Waals surface area contributed by atoms with Gasteiger partial charge in [-0.25, -0.2) is 14.4 Å². The quantitative estimate of drug-likeness (QED) is 0.408. The van der Waals surface area contributed by atoms with Gasteiger partial charge in [0.2, 0.25) is 0 Å². The van der Waals surface area contributed by atoms with Crippen LogP contribution >= 0.6 is 0 Å². The zero-order valence-corrected chi connectivity index (χ0v) is 19.2. The highest BCUT2D eigenvalue weighted by atomic mass is 19.1. The van der Waals surface area contributed by atoms with Gasteiger partial charge < -0.3 is 10.3 Å². The predicted molar refractivity (Wildman–Crippen MR) is 129 cm³/mol. The molecule has 1 atom stereocenters. The van der Waals surface area contributed by atoms with Crippen LogP contribution in [0.25, 0.3) is 21.9 Å². The lowest BCUT2D eigenvalue weighted by Gasteiger charge is -2.32. The first-order valence-corrected chi connectivity index (χ1v) is 12.3. The third-order valence-corrected chi connectivity index (χ3v) is 7.62. The van der Waals surface area contributed by atoms with Crippen LogP contribution in [0, 0.1) is 11.7 Å². The summed E-state index contributed by atoms with van der Waals surface area (Å²) in [5, 5.41) is 3.92. The maximum atomic E-state index is 13.9. The summed E-state index contributed by atoms with van der Waals surface area (Å²) >= 11 is 0. The van der Waals surface area contributed by atoms with Crippen molar-refractivity contribution in [1.82, 2.24) is 25.3 Å². The molecule has 34 heavy (non-hydrogen) atoms. The van der Waals surface area contributed by atoms with Crippen molar-refractivity contribution in [2.45, 2.75) is 63.3 Å². The second-order valence-electron chi connectivity index (χ2n) is 9.92. The van der Waals surface area contributed by atoms with Gasteiger partial charge in [0.25, 0.3) is 5.91 Å². The predicted octanol–water partition coefficient (Wildman–Crippen LogP) is 5.61. The van der Waals surface area contributed by atoms with E-state index < -0.39 is 0 Å². The molecule has 0 spiro atoms. The summed E-state index contributed by atoms with van der Waals surface area (Å²) in [5.74, 6) is 1.85. The van der Waals surface area contributed by atoms with Gasteiger partial charge in [-0.2, -0.15) is 0 Å². The van der Waals surface area contributed by atoms with Gasteiger partial charge in [0, 0.05) is 23.5 Å². The van der Waals surface area contributed by atoms with E-state index in [0.717, 1.165) is 66.3 Å². The number of pyridine rings is 2. The van der Waals surface area contributed by atoms with Crippen LogP contribution in [-0.4, -0.2) is 31.9 Å². The Morgan fingerprint density at radius 3 is 2.68 bits per heavy atom. The summed E-state index contributed by atoms with van der Waals surface area (Å²) in [7, 11) is 0. The lowest BCUT2D eigenvalue weighted by molar-refractivity contribution is 0.0946. The molecular formula is C27H28FN5O. The Balaban J connectivity index is 1.16. The first-order chi connectivity index (χ1) is 16.5. The molecule has 6 rings (SSSR count). The van der Waals surface area contributed by atoms with Gasteiger partial charge in [-0.3, -0.25) is 9.78 Å². The molecule has 2 aliphatic carbocycles. The fourth-order valence-electron chi connectivity index (χ4n) is 5.41. The molecule has 0 bridgehead atoms. The zero-order valence-electron chi connectivity index (χ0n) is 19.2. The van der Waals surface area contributed by atoms with Crippen LogP contribution in [0.1, 0.15) is 79.2 Å². The van der Waals surface area contributed by atoms with E-state index in [1.807, 2.05) is 6.20 Å². The van der Waals surface area contributed by atoms with Crippen LogP contribution in [0.5, 0.6) is 0 Å². The maximum Gasteiger partial charge on any atom is 0.270 e. The molecule has 1 amide bonds. The third-order valence-electron chi connectivity index (χ3n) is 7.62. The average molecular weight is 458 g/mol. The molecule has 4 aromatic rings. The van der Waals surface area contributed by atoms with Gasteiger partial charge in [0.15, 0.2) is 0 Å². The lowest BCUT2D eigenvalue weighted by Crippen LogP contribution is -2.26. The SMILES string of the molecule is C[C@@H](c1nc2cnc(C(=O)NC3CC3)cc2[nH]1)[C@H]1CC[C@@H](c2ccnc3ccc(F)cc32)CC1. The van der Waals surface area contributed by atoms with Gasteiger partial charge >= 0.3 is 0 Å². The van der Waals surface area contributed by atoms with Crippen LogP contribution < -0.4 is 5.32 Å². The molecule has 0 aliphatic heterocycles. The summed E-state index contributed by atoms with van der Waals surface area (Å²) in [4.78, 5) is 29.3. The van der Waals surface area contributed by atoms with Crippen molar-refractivity contribution < 1.29 is 9.18 Å². The first kappa shape index (κ1) is 21.2. The van der Waals surface area contributed by atoms with E-state index in [1.54, 1.807) is 24.4 Å². The van der Waals surface area contributed by atoms with Crippen molar-refractivity contribution in [1.29, 1.82) is 0 Å². The smallest absolute Gasteiger partial charge is 0.270 e. The first-order valence-electron chi connectivity index (χ1n) is 12.3. The Morgan fingerprint density at radius 1 is 1.06 bits per heavy atom. The zero-order chi connectivity index (χ0) is 23.2. The number of halogens is 1. The number of fused-ring (bicyclic) bond motifs is 2. The van der Waals surface area contributed by atoms with Crippen LogP contribution in [0.3, 0.4) is 0 Å². The number of nitrogens with one attached hydrogen (secondary N) is 2. The number of aromatic nitrogens is 4. The van der Waals surface area contributed by atoms with Crippen molar-refractivity contribution in [3.63, 3.8) is 0 Å². The Morgan fingerprint density at radius 2 is 1.88 bits per heavy atom. The van der Waals surface area contributed by atoms with E-state index in [9.17, 15) is 9.18 Å². The number of amides is 1. The minimum absolute atomic E-state index is 0.115. The van der Waals surface area contributed by atoms with Gasteiger partial charge in [0.1, 0.15) is 22.9 Å². The van der Waals surface area contributed by atoms with E-state index in [4.69, 9.17) is 4.98 Å². The van der Waals surface area contributed by atoms with E-state index >= 15 is 0 Å². The molecule has 1 aromatic carbocycles. The van der Waals surface area contributed by atoms with Gasteiger partial charge in [-0.15, -0.1) is 0 Å². The average Bonchev–Trinajstić information content (AvgIpc) is 3.57. The van der Waals surface area contributed by atoms with E-state index in [-0.39, 0.29) is 17.6 Å². The van der Waals surface area contributed by atoms with E-state index in [2.05, 4.69) is 33.3 Å². The minimum atomic E-state index is -0.211. The summed E-state index contributed by atoms with van der Waals surface area (Å²) in [6.45, 7) is 2.23. The number of rotatable bonds is 5. The highest BCUT2D eigenvalue weighted by Crippen LogP contribution is 2.43. The Hall–Kier alpha value is -3.35. The summed E-state index contributed by atoms with van der Waals surface area (Å²) in [6.07, 6.45) is 9.95. The molecule has 3 heterocycles. The van der Waals surface area contributed by atoms with Crippen molar-refractivity contribution in [2.75, 3.05) is 0 Å². The normalized spacial score (nSPS) is 21.6. The Labute approximate surface area is 197 Å². The van der Waals surface area contributed by atoms with Crippen LogP contribution in [0.2, 0.25) is 0 Å². The fourth-order valence-corrected chi connectivity index (χ4v) is 5.41. The molecule has 0 unspecified atom stereocenters. The van der Waals surface area contributed by atoms with Crippen molar-refractivity contribution in [3.8, 4) is 0 Å². The van der Waals surface area contributed by atoms with Crippen LogP contribution in [0.4, 0.5) is 4.39 Å². The summed E-state index contributed by atoms with van der Waals surface area (Å²) < 4.78 is 13.9. The summed E-state index contributed by atoms with van der Waals surface area (Å²) in [6, 6.07) is 9.03. The standard InChI is InChI=1S/C27H28FN5O/c1-15(26-32-23-13-24(30-14-25(23)33-26)27(34)31-19-7-8-19)16-2-4-17(5-3-16)20-10-11-29-22-9-6-18(28)12-21(20)22/h6,9-17,19H,2-5,7-8H2,1H3,(H,31,34)(H,32,33)/t15-,16-,17+/m1/s1. The van der Waals surface area contributed by atoms with Crippen molar-refractivity contribution >= 4 is 27.8 Å². The Kier molecular flexibility index (Phi) is 5.27. The number of aromatic amines is 1. The number of imidazole rings is 1. The number of hydrogen-bond acceptors (Lipinski definition) is 4. The van der Waals surface area contributed by atoms with E-state index in [0.29, 0.717) is 23.6 Å². The molecule has 3 aromatic heterocycles. The van der Waals surface area contributed by atoms with Crippen LogP contribution in [-0.2, 0) is 0 Å². The second-order valence-corrected chi connectivity index (χ2v) is 9.92. The molecular weight excluding hydrogens is 429 g/mol. The molecule has 2 N–H and O–H groups in total. The summed E-state index contributed by atoms with van der Waals surface area (Å²) in [5.41, 5.74) is 4.15. The molecule has 2 fully saturated rings. The molecule has 174 valence electrons. The van der Waals surface area contributed by atoms with Crippen LogP contribution in [0.15, 0.2) is 42.7 Å². The molecule has 2 aliphatic rings.